The molecule has 0 spiro atoms. The van der Waals surface area contributed by atoms with Crippen LogP contribution in [0.3, 0.4) is 0 Å². The predicted molar refractivity (Wildman–Crippen MR) is 85.4 cm³/mol. The van der Waals surface area contributed by atoms with Gasteiger partial charge in [-0.3, -0.25) is 0 Å². The topological polar surface area (TPSA) is 29.5 Å². The minimum atomic E-state index is -0.682. The molecule has 106 valence electrons. The van der Waals surface area contributed by atoms with Crippen LogP contribution in [0.5, 0.6) is 5.75 Å². The number of aliphatic hydroxyl groups excluding tert-OH is 1. The largest absolute Gasteiger partial charge is 0.496 e. The van der Waals surface area contributed by atoms with E-state index >= 15 is 0 Å². The Kier molecular flexibility index (Phi) is 4.51. The molecule has 0 aliphatic carbocycles. The van der Waals surface area contributed by atoms with E-state index < -0.39 is 6.10 Å². The second-order valence-electron chi connectivity index (χ2n) is 5.10. The Morgan fingerprint density at radius 3 is 2.35 bits per heavy atom. The normalized spacial score (nSPS) is 12.3. The van der Waals surface area contributed by atoms with Crippen LogP contribution in [0.25, 0.3) is 0 Å². The summed E-state index contributed by atoms with van der Waals surface area (Å²) < 4.78 is 6.46. The van der Waals surface area contributed by atoms with Gasteiger partial charge in [0.05, 0.1) is 7.11 Å². The molecule has 0 fully saturated rings. The number of rotatable bonds is 3. The summed E-state index contributed by atoms with van der Waals surface area (Å²) >= 11 is 3.45. The van der Waals surface area contributed by atoms with Gasteiger partial charge in [0.1, 0.15) is 11.9 Å². The molecule has 1 atom stereocenters. The number of ether oxygens (including phenoxy) is 1. The highest BCUT2D eigenvalue weighted by atomic mass is 79.9. The first-order valence-electron chi connectivity index (χ1n) is 6.53. The molecule has 2 rings (SSSR count). The van der Waals surface area contributed by atoms with Gasteiger partial charge >= 0.3 is 0 Å². The van der Waals surface area contributed by atoms with Crippen LogP contribution in [0, 0.1) is 20.8 Å². The first-order valence-corrected chi connectivity index (χ1v) is 7.32. The maximum atomic E-state index is 10.8. The van der Waals surface area contributed by atoms with Gasteiger partial charge in [0.15, 0.2) is 0 Å². The van der Waals surface area contributed by atoms with Crippen LogP contribution in [0.15, 0.2) is 34.8 Å². The third kappa shape index (κ3) is 2.89. The maximum Gasteiger partial charge on any atom is 0.125 e. The molecule has 0 heterocycles. The number of methoxy groups -OCH3 is 1. The molecular weight excluding hydrogens is 316 g/mol. The summed E-state index contributed by atoms with van der Waals surface area (Å²) in [5.74, 6) is 0.734. The lowest BCUT2D eigenvalue weighted by molar-refractivity contribution is 0.213. The highest BCUT2D eigenvalue weighted by Gasteiger charge is 2.20. The molecule has 0 saturated carbocycles. The lowest BCUT2D eigenvalue weighted by atomic mass is 9.93. The smallest absolute Gasteiger partial charge is 0.125 e. The van der Waals surface area contributed by atoms with Crippen LogP contribution >= 0.6 is 15.9 Å². The molecule has 3 heteroatoms. The highest BCUT2D eigenvalue weighted by Crippen LogP contribution is 2.35. The zero-order valence-corrected chi connectivity index (χ0v) is 13.8. The fourth-order valence-electron chi connectivity index (χ4n) is 2.56. The van der Waals surface area contributed by atoms with Crippen molar-refractivity contribution in [3.8, 4) is 5.75 Å². The molecular formula is C17H19BrO2. The average molecular weight is 335 g/mol. The summed E-state index contributed by atoms with van der Waals surface area (Å²) in [5, 5.41) is 10.8. The lowest BCUT2D eigenvalue weighted by Gasteiger charge is -2.20. The van der Waals surface area contributed by atoms with Crippen LogP contribution in [0.4, 0.5) is 0 Å². The molecule has 1 unspecified atom stereocenters. The van der Waals surface area contributed by atoms with E-state index in [0.717, 1.165) is 38.0 Å². The van der Waals surface area contributed by atoms with E-state index in [0.29, 0.717) is 0 Å². The first-order chi connectivity index (χ1) is 9.43. The lowest BCUT2D eigenvalue weighted by Crippen LogP contribution is -2.07. The van der Waals surface area contributed by atoms with Crippen LogP contribution < -0.4 is 4.74 Å². The predicted octanol–water partition coefficient (Wildman–Crippen LogP) is 4.46. The second-order valence-corrected chi connectivity index (χ2v) is 6.02. The number of hydrogen-bond donors (Lipinski definition) is 1. The standard InChI is InChI=1S/C17H19BrO2/c1-10-7-12(3)16(15(8-10)20-4)17(19)14-6-5-13(18)9-11(14)2/h5-9,17,19H,1-4H3. The molecule has 0 bridgehead atoms. The highest BCUT2D eigenvalue weighted by molar-refractivity contribution is 9.10. The fraction of sp³-hybridized carbons (Fsp3) is 0.294. The maximum absolute atomic E-state index is 10.8. The fourth-order valence-corrected chi connectivity index (χ4v) is 3.04. The Balaban J connectivity index is 2.55. The first kappa shape index (κ1) is 15.1. The third-order valence-electron chi connectivity index (χ3n) is 3.51. The van der Waals surface area contributed by atoms with Crippen LogP contribution in [0.1, 0.15) is 33.9 Å². The van der Waals surface area contributed by atoms with Crippen LogP contribution in [0.2, 0.25) is 0 Å². The van der Waals surface area contributed by atoms with Gasteiger partial charge in [-0.15, -0.1) is 0 Å². The van der Waals surface area contributed by atoms with Crippen molar-refractivity contribution in [2.24, 2.45) is 0 Å². The van der Waals surface area contributed by atoms with Crippen LogP contribution in [-0.2, 0) is 0 Å². The molecule has 0 amide bonds. The van der Waals surface area contributed by atoms with Gasteiger partial charge in [0.25, 0.3) is 0 Å². The second kappa shape index (κ2) is 5.98. The minimum absolute atomic E-state index is 0.682. The van der Waals surface area contributed by atoms with Crippen molar-refractivity contribution < 1.29 is 9.84 Å². The van der Waals surface area contributed by atoms with Gasteiger partial charge in [-0.2, -0.15) is 0 Å². The number of hydrogen-bond acceptors (Lipinski definition) is 2. The molecule has 0 aliphatic rings. The molecule has 0 saturated heterocycles. The number of halogens is 1. The number of aliphatic hydroxyl groups is 1. The molecule has 1 N–H and O–H groups in total. The van der Waals surface area contributed by atoms with E-state index in [1.807, 2.05) is 45.0 Å². The van der Waals surface area contributed by atoms with E-state index in [-0.39, 0.29) is 0 Å². The zero-order valence-electron chi connectivity index (χ0n) is 12.2. The van der Waals surface area contributed by atoms with Crippen LogP contribution in [-0.4, -0.2) is 12.2 Å². The van der Waals surface area contributed by atoms with E-state index in [1.54, 1.807) is 7.11 Å². The SMILES string of the molecule is COc1cc(C)cc(C)c1C(O)c1ccc(Br)cc1C. The quantitative estimate of drug-likeness (QED) is 0.897. The van der Waals surface area contributed by atoms with E-state index in [2.05, 4.69) is 22.0 Å². The minimum Gasteiger partial charge on any atom is -0.496 e. The molecule has 0 radical (unpaired) electrons. The molecule has 0 aliphatic heterocycles. The summed E-state index contributed by atoms with van der Waals surface area (Å²) in [4.78, 5) is 0. The van der Waals surface area contributed by atoms with Crippen molar-refractivity contribution in [3.05, 3.63) is 62.6 Å². The summed E-state index contributed by atoms with van der Waals surface area (Å²) in [6.07, 6.45) is -0.682. The average Bonchev–Trinajstić information content (AvgIpc) is 2.37. The number of benzene rings is 2. The van der Waals surface area contributed by atoms with Gasteiger partial charge in [-0.1, -0.05) is 28.1 Å². The molecule has 2 aromatic rings. The zero-order chi connectivity index (χ0) is 14.9. The van der Waals surface area contributed by atoms with Gasteiger partial charge in [0, 0.05) is 10.0 Å². The van der Waals surface area contributed by atoms with Crippen molar-refractivity contribution >= 4 is 15.9 Å². The Morgan fingerprint density at radius 1 is 1.05 bits per heavy atom. The monoisotopic (exact) mass is 334 g/mol. The number of aryl methyl sites for hydroxylation is 3. The van der Waals surface area contributed by atoms with Gasteiger partial charge in [-0.05, 0) is 61.2 Å². The van der Waals surface area contributed by atoms with Gasteiger partial charge in [0.2, 0.25) is 0 Å². The summed E-state index contributed by atoms with van der Waals surface area (Å²) in [6, 6.07) is 9.92. The Bertz CT molecular complexity index is 635. The Labute approximate surface area is 128 Å². The van der Waals surface area contributed by atoms with Crippen molar-refractivity contribution in [1.82, 2.24) is 0 Å². The summed E-state index contributed by atoms with van der Waals surface area (Å²) in [7, 11) is 1.64. The van der Waals surface area contributed by atoms with Gasteiger partial charge < -0.3 is 9.84 Å². The molecule has 2 aromatic carbocycles. The Hall–Kier alpha value is -1.32. The van der Waals surface area contributed by atoms with E-state index in [1.165, 1.54) is 0 Å². The van der Waals surface area contributed by atoms with Crippen molar-refractivity contribution in [1.29, 1.82) is 0 Å². The molecule has 2 nitrogen and oxygen atoms in total. The summed E-state index contributed by atoms with van der Waals surface area (Å²) in [6.45, 7) is 6.03. The van der Waals surface area contributed by atoms with Crippen molar-refractivity contribution in [3.63, 3.8) is 0 Å². The molecule has 20 heavy (non-hydrogen) atoms. The van der Waals surface area contributed by atoms with E-state index in [4.69, 9.17) is 4.74 Å². The molecule has 0 aromatic heterocycles. The van der Waals surface area contributed by atoms with Gasteiger partial charge in [-0.25, -0.2) is 0 Å². The third-order valence-corrected chi connectivity index (χ3v) is 4.01. The Morgan fingerprint density at radius 2 is 1.75 bits per heavy atom. The van der Waals surface area contributed by atoms with E-state index in [9.17, 15) is 5.11 Å². The summed E-state index contributed by atoms with van der Waals surface area (Å²) in [5.41, 5.74) is 4.95. The van der Waals surface area contributed by atoms with Crippen molar-refractivity contribution in [2.45, 2.75) is 26.9 Å². The van der Waals surface area contributed by atoms with Crippen molar-refractivity contribution in [2.75, 3.05) is 7.11 Å².